The molecule has 0 aliphatic carbocycles. The van der Waals surface area contributed by atoms with Crippen molar-refractivity contribution in [1.82, 2.24) is 14.9 Å². The highest BCUT2D eigenvalue weighted by Gasteiger charge is 2.13. The van der Waals surface area contributed by atoms with Crippen LogP contribution in [-0.4, -0.2) is 22.0 Å². The van der Waals surface area contributed by atoms with Crippen LogP contribution in [0.5, 0.6) is 0 Å². The van der Waals surface area contributed by atoms with Gasteiger partial charge in [-0.3, -0.25) is 4.79 Å². The molecule has 0 atom stereocenters. The summed E-state index contributed by atoms with van der Waals surface area (Å²) < 4.78 is 3.30. The molecule has 176 valence electrons. The number of hydrogen-bond donors (Lipinski definition) is 1. The van der Waals surface area contributed by atoms with E-state index in [9.17, 15) is 4.79 Å². The Morgan fingerprint density at radius 3 is 2.47 bits per heavy atom. The van der Waals surface area contributed by atoms with Crippen LogP contribution < -0.4 is 5.32 Å². The van der Waals surface area contributed by atoms with Gasteiger partial charge in [0.05, 0.1) is 11.0 Å². The number of aromatic nitrogens is 2. The molecule has 3 aromatic carbocycles. The van der Waals surface area contributed by atoms with Crippen LogP contribution in [0.25, 0.3) is 11.0 Å². The minimum absolute atomic E-state index is 0.0214. The summed E-state index contributed by atoms with van der Waals surface area (Å²) in [6.07, 6.45) is 3.97. The van der Waals surface area contributed by atoms with Crippen molar-refractivity contribution in [3.8, 4) is 0 Å². The van der Waals surface area contributed by atoms with E-state index in [0.29, 0.717) is 12.1 Å². The lowest BCUT2D eigenvalue weighted by atomic mass is 9.99. The highest BCUT2D eigenvalue weighted by molar-refractivity contribution is 9.10. The van der Waals surface area contributed by atoms with Gasteiger partial charge in [0.15, 0.2) is 0 Å². The molecule has 0 saturated carbocycles. The van der Waals surface area contributed by atoms with Crippen LogP contribution in [0.1, 0.15) is 57.7 Å². The molecule has 1 heterocycles. The number of para-hydroxylation sites is 2. The van der Waals surface area contributed by atoms with Crippen molar-refractivity contribution < 1.29 is 4.79 Å². The second-order valence-electron chi connectivity index (χ2n) is 9.06. The number of fused-ring (bicyclic) bond motifs is 1. The molecule has 0 aliphatic heterocycles. The van der Waals surface area contributed by atoms with E-state index in [-0.39, 0.29) is 5.91 Å². The Hall–Kier alpha value is -2.92. The van der Waals surface area contributed by atoms with E-state index in [1.54, 1.807) is 0 Å². The zero-order chi connectivity index (χ0) is 24.1. The highest BCUT2D eigenvalue weighted by atomic mass is 79.9. The summed E-state index contributed by atoms with van der Waals surface area (Å²) in [4.78, 5) is 17.3. The number of carbonyl (C=O) groups excluding carboxylic acids is 1. The SMILES string of the molecule is Cc1cc(C)c(Cn2c(CCCCCNC(=O)c3cccc(Br)c3)nc3ccccc32)c(C)c1. The van der Waals surface area contributed by atoms with Crippen molar-refractivity contribution in [2.24, 2.45) is 0 Å². The predicted octanol–water partition coefficient (Wildman–Crippen LogP) is 6.92. The van der Waals surface area contributed by atoms with Crippen LogP contribution in [0.4, 0.5) is 0 Å². The molecule has 4 rings (SSSR count). The standard InChI is InChI=1S/C29H32BrN3O/c1-20-16-21(2)25(22(3)17-20)19-33-27-13-7-6-12-26(27)32-28(33)14-5-4-8-15-31-29(34)23-10-9-11-24(30)18-23/h6-7,9-13,16-18H,4-5,8,14-15,19H2,1-3H3,(H,31,34). The lowest BCUT2D eigenvalue weighted by molar-refractivity contribution is 0.0953. The van der Waals surface area contributed by atoms with E-state index in [4.69, 9.17) is 4.98 Å². The van der Waals surface area contributed by atoms with E-state index in [2.05, 4.69) is 83.0 Å². The number of rotatable bonds is 9. The first-order valence-corrected chi connectivity index (χ1v) is 12.8. The molecule has 0 unspecified atom stereocenters. The number of imidazole rings is 1. The van der Waals surface area contributed by atoms with Crippen LogP contribution in [-0.2, 0) is 13.0 Å². The van der Waals surface area contributed by atoms with E-state index in [1.165, 1.54) is 27.8 Å². The Bertz CT molecular complexity index is 1280. The Morgan fingerprint density at radius 2 is 1.71 bits per heavy atom. The maximum absolute atomic E-state index is 12.3. The van der Waals surface area contributed by atoms with Crippen molar-refractivity contribution in [2.75, 3.05) is 6.54 Å². The molecule has 0 aliphatic rings. The molecule has 0 bridgehead atoms. The lowest BCUT2D eigenvalue weighted by Crippen LogP contribution is -2.24. The maximum atomic E-state index is 12.3. The average molecular weight is 518 g/mol. The summed E-state index contributed by atoms with van der Waals surface area (Å²) >= 11 is 3.42. The Morgan fingerprint density at radius 1 is 0.941 bits per heavy atom. The number of benzene rings is 3. The summed E-state index contributed by atoms with van der Waals surface area (Å²) in [7, 11) is 0. The minimum Gasteiger partial charge on any atom is -0.352 e. The largest absolute Gasteiger partial charge is 0.352 e. The lowest BCUT2D eigenvalue weighted by Gasteiger charge is -2.15. The zero-order valence-electron chi connectivity index (χ0n) is 20.2. The average Bonchev–Trinajstić information content (AvgIpc) is 3.15. The summed E-state index contributed by atoms with van der Waals surface area (Å²) in [5.74, 6) is 1.12. The zero-order valence-corrected chi connectivity index (χ0v) is 21.8. The predicted molar refractivity (Wildman–Crippen MR) is 144 cm³/mol. The number of halogens is 1. The second kappa shape index (κ2) is 11.0. The monoisotopic (exact) mass is 517 g/mol. The molecule has 0 saturated heterocycles. The fourth-order valence-corrected chi connectivity index (χ4v) is 5.03. The second-order valence-corrected chi connectivity index (χ2v) is 9.97. The van der Waals surface area contributed by atoms with Gasteiger partial charge in [-0.2, -0.15) is 0 Å². The van der Waals surface area contributed by atoms with Gasteiger partial charge in [0, 0.05) is 29.5 Å². The quantitative estimate of drug-likeness (QED) is 0.245. The Kier molecular flexibility index (Phi) is 7.84. The van der Waals surface area contributed by atoms with Crippen molar-refractivity contribution in [2.45, 2.75) is 53.0 Å². The molecule has 0 radical (unpaired) electrons. The summed E-state index contributed by atoms with van der Waals surface area (Å²) in [5.41, 5.74) is 8.29. The van der Waals surface area contributed by atoms with Crippen LogP contribution in [0.15, 0.2) is 65.1 Å². The number of hydrogen-bond acceptors (Lipinski definition) is 2. The van der Waals surface area contributed by atoms with Gasteiger partial charge < -0.3 is 9.88 Å². The third-order valence-corrected chi connectivity index (χ3v) is 6.83. The molecule has 4 aromatic rings. The molecule has 1 aromatic heterocycles. The first-order chi connectivity index (χ1) is 16.4. The smallest absolute Gasteiger partial charge is 0.251 e. The molecular formula is C29H32BrN3O. The third-order valence-electron chi connectivity index (χ3n) is 6.34. The van der Waals surface area contributed by atoms with Gasteiger partial charge in [-0.05, 0) is 80.6 Å². The maximum Gasteiger partial charge on any atom is 0.251 e. The first kappa shape index (κ1) is 24.2. The molecule has 34 heavy (non-hydrogen) atoms. The molecule has 0 spiro atoms. The Balaban J connectivity index is 1.37. The normalized spacial score (nSPS) is 11.2. The van der Waals surface area contributed by atoms with E-state index in [0.717, 1.165) is 48.0 Å². The molecule has 5 heteroatoms. The first-order valence-electron chi connectivity index (χ1n) is 12.0. The summed E-state index contributed by atoms with van der Waals surface area (Å²) in [6.45, 7) is 8.09. The number of carbonyl (C=O) groups is 1. The van der Waals surface area contributed by atoms with Crippen LogP contribution in [0.2, 0.25) is 0 Å². The van der Waals surface area contributed by atoms with E-state index >= 15 is 0 Å². The minimum atomic E-state index is -0.0214. The molecule has 1 N–H and O–H groups in total. The number of amides is 1. The van der Waals surface area contributed by atoms with Crippen molar-refractivity contribution in [1.29, 1.82) is 0 Å². The van der Waals surface area contributed by atoms with Gasteiger partial charge in [0.2, 0.25) is 0 Å². The van der Waals surface area contributed by atoms with Crippen molar-refractivity contribution in [3.05, 3.63) is 98.8 Å². The van der Waals surface area contributed by atoms with Gasteiger partial charge >= 0.3 is 0 Å². The van der Waals surface area contributed by atoms with Crippen LogP contribution >= 0.6 is 15.9 Å². The van der Waals surface area contributed by atoms with Crippen molar-refractivity contribution in [3.63, 3.8) is 0 Å². The van der Waals surface area contributed by atoms with Gasteiger partial charge in [0.1, 0.15) is 5.82 Å². The fourth-order valence-electron chi connectivity index (χ4n) is 4.63. The van der Waals surface area contributed by atoms with E-state index in [1.807, 2.05) is 24.3 Å². The topological polar surface area (TPSA) is 46.9 Å². The number of aryl methyl sites for hydroxylation is 4. The number of nitrogens with one attached hydrogen (secondary N) is 1. The molecule has 1 amide bonds. The summed E-state index contributed by atoms with van der Waals surface area (Å²) in [5, 5.41) is 3.03. The van der Waals surface area contributed by atoms with E-state index < -0.39 is 0 Å². The molecule has 0 fully saturated rings. The molecule has 4 nitrogen and oxygen atoms in total. The van der Waals surface area contributed by atoms with Gasteiger partial charge in [-0.25, -0.2) is 4.98 Å². The summed E-state index contributed by atoms with van der Waals surface area (Å²) in [6, 6.07) is 20.4. The van der Waals surface area contributed by atoms with Crippen LogP contribution in [0, 0.1) is 20.8 Å². The van der Waals surface area contributed by atoms with Gasteiger partial charge in [-0.15, -0.1) is 0 Å². The number of unbranched alkanes of at least 4 members (excludes halogenated alkanes) is 2. The van der Waals surface area contributed by atoms with Crippen LogP contribution in [0.3, 0.4) is 0 Å². The van der Waals surface area contributed by atoms with Crippen molar-refractivity contribution >= 4 is 32.9 Å². The molecular weight excluding hydrogens is 486 g/mol. The fraction of sp³-hybridized carbons (Fsp3) is 0.310. The van der Waals surface area contributed by atoms with Gasteiger partial charge in [-0.1, -0.05) is 58.2 Å². The Labute approximate surface area is 210 Å². The van der Waals surface area contributed by atoms with Gasteiger partial charge in [0.25, 0.3) is 5.91 Å². The third kappa shape index (κ3) is 5.76. The highest BCUT2D eigenvalue weighted by Crippen LogP contribution is 2.23. The number of nitrogens with zero attached hydrogens (tertiary/aromatic N) is 2.